The Labute approximate surface area is 170 Å². The molecular formula is C12H8F17NO3. The van der Waals surface area contributed by atoms with Crippen molar-refractivity contribution < 1.29 is 88.9 Å². The van der Waals surface area contributed by atoms with E-state index in [-0.39, 0.29) is 6.42 Å². The van der Waals surface area contributed by atoms with Crippen molar-refractivity contribution in [3.8, 4) is 0 Å². The predicted molar refractivity (Wildman–Crippen MR) is 66.2 cm³/mol. The molecule has 0 aliphatic rings. The van der Waals surface area contributed by atoms with Gasteiger partial charge in [0.1, 0.15) is 0 Å². The Bertz CT molecular complexity index is 699. The topological polar surface area (TPSA) is 47.6 Å². The summed E-state index contributed by atoms with van der Waals surface area (Å²) >= 11 is 0. The minimum atomic E-state index is -8.01. The molecule has 0 bridgehead atoms. The summed E-state index contributed by atoms with van der Waals surface area (Å²) in [4.78, 5) is 11.2. The molecular weight excluding hydrogens is 529 g/mol. The summed E-state index contributed by atoms with van der Waals surface area (Å²) in [5, 5.41) is 0.831. The van der Waals surface area contributed by atoms with Crippen molar-refractivity contribution in [3.63, 3.8) is 0 Å². The van der Waals surface area contributed by atoms with Crippen molar-refractivity contribution in [2.45, 2.75) is 61.7 Å². The number of carbonyl (C=O) groups is 1. The van der Waals surface area contributed by atoms with E-state index < -0.39 is 60.8 Å². The van der Waals surface area contributed by atoms with Gasteiger partial charge in [-0.3, -0.25) is 14.3 Å². The monoisotopic (exact) mass is 537 g/mol. The van der Waals surface area contributed by atoms with E-state index in [1.54, 1.807) is 0 Å². The fraction of sp³-hybridized carbons (Fsp3) is 0.917. The van der Waals surface area contributed by atoms with Gasteiger partial charge in [-0.15, -0.1) is 0 Å². The summed E-state index contributed by atoms with van der Waals surface area (Å²) in [6.07, 6.45) is -38.7. The van der Waals surface area contributed by atoms with Crippen LogP contribution in [0.3, 0.4) is 0 Å². The van der Waals surface area contributed by atoms with Gasteiger partial charge in [0.25, 0.3) is 5.91 Å². The van der Waals surface area contributed by atoms with Gasteiger partial charge in [0.05, 0.1) is 0 Å². The molecule has 4 nitrogen and oxygen atoms in total. The van der Waals surface area contributed by atoms with Gasteiger partial charge < -0.3 is 5.32 Å². The van der Waals surface area contributed by atoms with E-state index in [9.17, 15) is 79.4 Å². The maximum absolute atomic E-state index is 13.9. The number of alkyl halides is 17. The first kappa shape index (κ1) is 31.2. The summed E-state index contributed by atoms with van der Waals surface area (Å²) in [5.74, 6) is -25.9. The van der Waals surface area contributed by atoms with Crippen molar-refractivity contribution in [2.75, 3.05) is 6.54 Å². The Morgan fingerprint density at radius 3 is 1.36 bits per heavy atom. The van der Waals surface area contributed by atoms with Crippen LogP contribution < -0.4 is 5.32 Å². The molecule has 0 heterocycles. The maximum Gasteiger partial charge on any atom is 0.462 e. The standard InChI is InChI=1S/C12H8F17NO3/c1-2-3-30-4(31)5(13,8(17,18)19)32-12(28,29)7(16,10(23,24)25)33-11(26,27)6(14,15)9(20,21)22/h2-3H2,1H3,(H,30,31)/t5-,7-/m1/s1. The summed E-state index contributed by atoms with van der Waals surface area (Å²) < 4.78 is 222. The van der Waals surface area contributed by atoms with Crippen molar-refractivity contribution in [1.82, 2.24) is 5.32 Å². The van der Waals surface area contributed by atoms with Crippen molar-refractivity contribution in [1.29, 1.82) is 0 Å². The first-order valence-corrected chi connectivity index (χ1v) is 7.54. The number of rotatable bonds is 9. The molecule has 0 rings (SSSR count). The summed E-state index contributed by atoms with van der Waals surface area (Å²) in [6, 6.07) is 0. The van der Waals surface area contributed by atoms with Crippen LogP contribution >= 0.6 is 0 Å². The molecule has 0 aromatic heterocycles. The third kappa shape index (κ3) is 5.65. The zero-order valence-electron chi connectivity index (χ0n) is 15.1. The number of carbonyl (C=O) groups excluding carboxylic acids is 1. The quantitative estimate of drug-likeness (QED) is 0.402. The minimum absolute atomic E-state index is 0.381. The Kier molecular flexibility index (Phi) is 8.29. The van der Waals surface area contributed by atoms with Crippen LogP contribution in [0.2, 0.25) is 0 Å². The second kappa shape index (κ2) is 8.77. The molecule has 0 aliphatic heterocycles. The van der Waals surface area contributed by atoms with E-state index >= 15 is 0 Å². The van der Waals surface area contributed by atoms with Crippen LogP contribution in [0.4, 0.5) is 74.6 Å². The van der Waals surface area contributed by atoms with Gasteiger partial charge in [0.2, 0.25) is 0 Å². The van der Waals surface area contributed by atoms with Crippen LogP contribution in [-0.4, -0.2) is 60.8 Å². The van der Waals surface area contributed by atoms with Crippen LogP contribution in [0.15, 0.2) is 0 Å². The Hall–Kier alpha value is -1.80. The van der Waals surface area contributed by atoms with E-state index in [1.165, 1.54) is 4.74 Å². The summed E-state index contributed by atoms with van der Waals surface area (Å²) in [5.41, 5.74) is 0. The Morgan fingerprint density at radius 2 is 1.06 bits per heavy atom. The summed E-state index contributed by atoms with van der Waals surface area (Å²) in [7, 11) is 0. The molecule has 198 valence electrons. The molecule has 0 fully saturated rings. The number of amides is 1. The van der Waals surface area contributed by atoms with Gasteiger partial charge in [-0.1, -0.05) is 6.92 Å². The molecule has 0 saturated heterocycles. The lowest BCUT2D eigenvalue weighted by atomic mass is 10.2. The van der Waals surface area contributed by atoms with E-state index in [4.69, 9.17) is 0 Å². The van der Waals surface area contributed by atoms with Crippen LogP contribution in [-0.2, 0) is 14.3 Å². The van der Waals surface area contributed by atoms with E-state index in [0.717, 1.165) is 12.2 Å². The van der Waals surface area contributed by atoms with E-state index in [0.29, 0.717) is 0 Å². The molecule has 0 radical (unpaired) electrons. The average molecular weight is 537 g/mol. The van der Waals surface area contributed by atoms with Gasteiger partial charge in [0.15, 0.2) is 0 Å². The number of ether oxygens (including phenoxy) is 2. The molecule has 0 aromatic carbocycles. The fourth-order valence-corrected chi connectivity index (χ4v) is 1.52. The fourth-order valence-electron chi connectivity index (χ4n) is 1.52. The number of hydrogen-bond acceptors (Lipinski definition) is 3. The molecule has 0 aliphatic carbocycles. The lowest BCUT2D eigenvalue weighted by molar-refractivity contribution is -0.548. The van der Waals surface area contributed by atoms with Crippen LogP contribution in [0.1, 0.15) is 13.3 Å². The van der Waals surface area contributed by atoms with Crippen molar-refractivity contribution >= 4 is 5.91 Å². The smallest absolute Gasteiger partial charge is 0.351 e. The molecule has 33 heavy (non-hydrogen) atoms. The predicted octanol–water partition coefficient (Wildman–Crippen LogP) is 5.39. The molecule has 0 aromatic rings. The molecule has 2 atom stereocenters. The van der Waals surface area contributed by atoms with Gasteiger partial charge in [0, 0.05) is 6.54 Å². The van der Waals surface area contributed by atoms with Gasteiger partial charge in [-0.05, 0) is 6.42 Å². The number of nitrogens with one attached hydrogen (secondary N) is 1. The zero-order chi connectivity index (χ0) is 27.1. The third-order valence-corrected chi connectivity index (χ3v) is 3.19. The normalized spacial score (nSPS) is 18.5. The van der Waals surface area contributed by atoms with Gasteiger partial charge in [-0.2, -0.15) is 74.6 Å². The van der Waals surface area contributed by atoms with Crippen LogP contribution in [0.5, 0.6) is 0 Å². The second-order valence-corrected chi connectivity index (χ2v) is 5.75. The van der Waals surface area contributed by atoms with Crippen LogP contribution in [0, 0.1) is 0 Å². The average Bonchev–Trinajstić information content (AvgIpc) is 2.55. The van der Waals surface area contributed by atoms with Crippen molar-refractivity contribution in [3.05, 3.63) is 0 Å². The van der Waals surface area contributed by atoms with E-state index in [1.807, 2.05) is 4.74 Å². The lowest BCUT2D eigenvalue weighted by Gasteiger charge is -2.40. The lowest BCUT2D eigenvalue weighted by Crippen LogP contribution is -2.68. The molecule has 21 heteroatoms. The largest absolute Gasteiger partial charge is 0.462 e. The Balaban J connectivity index is 6.67. The highest BCUT2D eigenvalue weighted by Crippen LogP contribution is 2.56. The summed E-state index contributed by atoms with van der Waals surface area (Å²) in [6.45, 7) is 0.0398. The maximum atomic E-state index is 13.9. The first-order valence-electron chi connectivity index (χ1n) is 7.54. The second-order valence-electron chi connectivity index (χ2n) is 5.75. The van der Waals surface area contributed by atoms with Crippen LogP contribution in [0.25, 0.3) is 0 Å². The molecule has 0 saturated carbocycles. The molecule has 0 spiro atoms. The SMILES string of the molecule is CCCNC(=O)[C@@](F)(OC(F)(F)[C@](F)(OC(F)(F)C(F)(F)C(F)(F)F)C(F)(F)F)C(F)(F)F. The molecule has 1 N–H and O–H groups in total. The van der Waals surface area contributed by atoms with E-state index in [2.05, 4.69) is 0 Å². The molecule has 1 amide bonds. The highest BCUT2D eigenvalue weighted by Gasteiger charge is 2.85. The zero-order valence-corrected chi connectivity index (χ0v) is 15.1. The highest BCUT2D eigenvalue weighted by molar-refractivity contribution is 5.84. The van der Waals surface area contributed by atoms with Gasteiger partial charge in [-0.25, -0.2) is 0 Å². The van der Waals surface area contributed by atoms with Gasteiger partial charge >= 0.3 is 48.4 Å². The third-order valence-electron chi connectivity index (χ3n) is 3.19. The molecule has 0 unspecified atom stereocenters. The highest BCUT2D eigenvalue weighted by atomic mass is 19.4. The first-order chi connectivity index (χ1) is 14.1. The minimum Gasteiger partial charge on any atom is -0.351 e. The number of hydrogen-bond donors (Lipinski definition) is 1. The van der Waals surface area contributed by atoms with Crippen molar-refractivity contribution in [2.24, 2.45) is 0 Å². The Morgan fingerprint density at radius 1 is 0.636 bits per heavy atom. The number of halogens is 17.